The van der Waals surface area contributed by atoms with E-state index in [9.17, 15) is 4.79 Å². The lowest BCUT2D eigenvalue weighted by atomic mass is 10.1. The average molecular weight is 376 g/mol. The molecule has 26 heavy (non-hydrogen) atoms. The molecular weight excluding hydrogens is 350 g/mol. The summed E-state index contributed by atoms with van der Waals surface area (Å²) in [5.41, 5.74) is 4.20. The maximum absolute atomic E-state index is 12.6. The summed E-state index contributed by atoms with van der Waals surface area (Å²) in [6, 6.07) is 6.05. The number of hydrogen-bond donors (Lipinski definition) is 1. The SMILES string of the molecule is CCN1CCN(c2ccc(NC(=O)c3c(C)nn(C)c3Cl)cc2C)CC1. The third-order valence-corrected chi connectivity index (χ3v) is 5.43. The molecule has 2 heterocycles. The zero-order valence-electron chi connectivity index (χ0n) is 15.8. The molecule has 6 nitrogen and oxygen atoms in total. The summed E-state index contributed by atoms with van der Waals surface area (Å²) in [5, 5.41) is 7.48. The lowest BCUT2D eigenvalue weighted by molar-refractivity contribution is 0.102. The highest BCUT2D eigenvalue weighted by atomic mass is 35.5. The number of piperazine rings is 1. The Morgan fingerprint density at radius 1 is 1.23 bits per heavy atom. The molecule has 1 amide bonds. The molecule has 1 aliphatic rings. The van der Waals surface area contributed by atoms with Gasteiger partial charge in [0, 0.05) is 44.6 Å². The van der Waals surface area contributed by atoms with Gasteiger partial charge in [-0.05, 0) is 44.2 Å². The number of likely N-dealkylation sites (N-methyl/N-ethyl adjacent to an activating group) is 1. The van der Waals surface area contributed by atoms with Crippen LogP contribution in [0.2, 0.25) is 5.15 Å². The summed E-state index contributed by atoms with van der Waals surface area (Å²) in [4.78, 5) is 17.4. The molecule has 0 unspecified atom stereocenters. The molecule has 0 bridgehead atoms. The minimum Gasteiger partial charge on any atom is -0.369 e. The molecule has 1 N–H and O–H groups in total. The molecule has 1 saturated heterocycles. The van der Waals surface area contributed by atoms with E-state index >= 15 is 0 Å². The van der Waals surface area contributed by atoms with Crippen LogP contribution in [-0.2, 0) is 7.05 Å². The van der Waals surface area contributed by atoms with Crippen molar-refractivity contribution in [2.24, 2.45) is 7.05 Å². The average Bonchev–Trinajstić information content (AvgIpc) is 2.87. The van der Waals surface area contributed by atoms with E-state index in [1.165, 1.54) is 10.4 Å². The summed E-state index contributed by atoms with van der Waals surface area (Å²) < 4.78 is 1.51. The third kappa shape index (κ3) is 3.71. The molecule has 140 valence electrons. The van der Waals surface area contributed by atoms with Gasteiger partial charge in [0.2, 0.25) is 0 Å². The number of carbonyl (C=O) groups excluding carboxylic acids is 1. The van der Waals surface area contributed by atoms with Gasteiger partial charge in [-0.25, -0.2) is 0 Å². The standard InChI is InChI=1S/C19H26ClN5O/c1-5-24-8-10-25(11-9-24)16-7-6-15(12-13(16)2)21-19(26)17-14(3)22-23(4)18(17)20/h6-7,12H,5,8-11H2,1-4H3,(H,21,26). The fourth-order valence-corrected chi connectivity index (χ4v) is 3.73. The molecule has 3 rings (SSSR count). The predicted octanol–water partition coefficient (Wildman–Crippen LogP) is 3.08. The van der Waals surface area contributed by atoms with Gasteiger partial charge in [-0.1, -0.05) is 18.5 Å². The van der Waals surface area contributed by atoms with Crippen LogP contribution in [0, 0.1) is 13.8 Å². The van der Waals surface area contributed by atoms with E-state index in [-0.39, 0.29) is 5.91 Å². The van der Waals surface area contributed by atoms with Gasteiger partial charge in [-0.15, -0.1) is 0 Å². The molecule has 7 heteroatoms. The van der Waals surface area contributed by atoms with Crippen LogP contribution in [0.3, 0.4) is 0 Å². The van der Waals surface area contributed by atoms with E-state index < -0.39 is 0 Å². The van der Waals surface area contributed by atoms with Crippen LogP contribution in [0.4, 0.5) is 11.4 Å². The van der Waals surface area contributed by atoms with Gasteiger partial charge >= 0.3 is 0 Å². The van der Waals surface area contributed by atoms with Gasteiger partial charge in [-0.3, -0.25) is 9.48 Å². The van der Waals surface area contributed by atoms with Crippen molar-refractivity contribution in [3.63, 3.8) is 0 Å². The van der Waals surface area contributed by atoms with E-state index in [1.54, 1.807) is 14.0 Å². The first-order valence-electron chi connectivity index (χ1n) is 8.99. The molecule has 1 aromatic heterocycles. The molecule has 0 atom stereocenters. The Hall–Kier alpha value is -2.05. The number of aryl methyl sites for hydroxylation is 3. The number of nitrogens with one attached hydrogen (secondary N) is 1. The second-order valence-electron chi connectivity index (χ2n) is 6.75. The van der Waals surface area contributed by atoms with Crippen molar-refractivity contribution in [1.29, 1.82) is 0 Å². The second kappa shape index (κ2) is 7.68. The smallest absolute Gasteiger partial charge is 0.260 e. The summed E-state index contributed by atoms with van der Waals surface area (Å²) >= 11 is 6.19. The Bertz CT molecular complexity index is 809. The van der Waals surface area contributed by atoms with Gasteiger partial charge in [0.05, 0.1) is 11.3 Å². The van der Waals surface area contributed by atoms with Crippen LogP contribution in [0.15, 0.2) is 18.2 Å². The first-order valence-corrected chi connectivity index (χ1v) is 9.37. The van der Waals surface area contributed by atoms with E-state index in [4.69, 9.17) is 11.6 Å². The molecule has 0 spiro atoms. The highest BCUT2D eigenvalue weighted by Crippen LogP contribution is 2.26. The fraction of sp³-hybridized carbons (Fsp3) is 0.474. The zero-order chi connectivity index (χ0) is 18.8. The lowest BCUT2D eigenvalue weighted by Crippen LogP contribution is -2.46. The largest absolute Gasteiger partial charge is 0.369 e. The first kappa shape index (κ1) is 18.7. The Kier molecular flexibility index (Phi) is 5.53. The number of halogens is 1. The number of hydrogen-bond acceptors (Lipinski definition) is 4. The molecule has 1 aliphatic heterocycles. The topological polar surface area (TPSA) is 53.4 Å². The zero-order valence-corrected chi connectivity index (χ0v) is 16.6. The normalized spacial score (nSPS) is 15.3. The first-order chi connectivity index (χ1) is 12.4. The Morgan fingerprint density at radius 3 is 2.46 bits per heavy atom. The number of anilines is 2. The van der Waals surface area contributed by atoms with Gasteiger partial charge in [-0.2, -0.15) is 5.10 Å². The Morgan fingerprint density at radius 2 is 1.92 bits per heavy atom. The second-order valence-corrected chi connectivity index (χ2v) is 7.11. The van der Waals surface area contributed by atoms with Gasteiger partial charge in [0.25, 0.3) is 5.91 Å². The van der Waals surface area contributed by atoms with Crippen molar-refractivity contribution in [2.75, 3.05) is 42.9 Å². The van der Waals surface area contributed by atoms with E-state index in [2.05, 4.69) is 40.1 Å². The van der Waals surface area contributed by atoms with E-state index in [1.807, 2.05) is 12.1 Å². The van der Waals surface area contributed by atoms with Crippen molar-refractivity contribution >= 4 is 28.9 Å². The van der Waals surface area contributed by atoms with Crippen LogP contribution in [0.25, 0.3) is 0 Å². The monoisotopic (exact) mass is 375 g/mol. The van der Waals surface area contributed by atoms with Gasteiger partial charge in [0.15, 0.2) is 0 Å². The molecule has 0 radical (unpaired) electrons. The van der Waals surface area contributed by atoms with E-state index in [0.29, 0.717) is 16.4 Å². The minimum absolute atomic E-state index is 0.232. The Balaban J connectivity index is 1.73. The maximum Gasteiger partial charge on any atom is 0.260 e. The fourth-order valence-electron chi connectivity index (χ4n) is 3.47. The molecule has 0 saturated carbocycles. The van der Waals surface area contributed by atoms with Crippen LogP contribution >= 0.6 is 11.6 Å². The number of amides is 1. The molecule has 1 aromatic carbocycles. The number of benzene rings is 1. The maximum atomic E-state index is 12.6. The molecule has 2 aromatic rings. The van der Waals surface area contributed by atoms with Crippen LogP contribution in [0.1, 0.15) is 28.5 Å². The predicted molar refractivity (Wildman–Crippen MR) is 106 cm³/mol. The van der Waals surface area contributed by atoms with Crippen molar-refractivity contribution in [2.45, 2.75) is 20.8 Å². The molecule has 1 fully saturated rings. The van der Waals surface area contributed by atoms with Gasteiger partial charge < -0.3 is 15.1 Å². The van der Waals surface area contributed by atoms with Crippen molar-refractivity contribution in [3.8, 4) is 0 Å². The minimum atomic E-state index is -0.232. The summed E-state index contributed by atoms with van der Waals surface area (Å²) in [6.07, 6.45) is 0. The van der Waals surface area contributed by atoms with Crippen molar-refractivity contribution in [3.05, 3.63) is 40.2 Å². The van der Waals surface area contributed by atoms with Crippen molar-refractivity contribution < 1.29 is 4.79 Å². The summed E-state index contributed by atoms with van der Waals surface area (Å²) in [5.74, 6) is -0.232. The highest BCUT2D eigenvalue weighted by molar-refractivity contribution is 6.33. The Labute approximate surface area is 159 Å². The number of aromatic nitrogens is 2. The molecular formula is C19H26ClN5O. The van der Waals surface area contributed by atoms with Crippen LogP contribution in [-0.4, -0.2) is 53.3 Å². The summed E-state index contributed by atoms with van der Waals surface area (Å²) in [6.45, 7) is 11.4. The third-order valence-electron chi connectivity index (χ3n) is 4.99. The van der Waals surface area contributed by atoms with Crippen molar-refractivity contribution in [1.82, 2.24) is 14.7 Å². The van der Waals surface area contributed by atoms with E-state index in [0.717, 1.165) is 44.0 Å². The highest BCUT2D eigenvalue weighted by Gasteiger charge is 2.20. The van der Waals surface area contributed by atoms with Gasteiger partial charge in [0.1, 0.15) is 5.15 Å². The number of rotatable bonds is 4. The summed E-state index contributed by atoms with van der Waals surface area (Å²) in [7, 11) is 1.73. The molecule has 0 aliphatic carbocycles. The quantitative estimate of drug-likeness (QED) is 0.892. The number of carbonyl (C=O) groups is 1. The van der Waals surface area contributed by atoms with Crippen LogP contribution in [0.5, 0.6) is 0 Å². The lowest BCUT2D eigenvalue weighted by Gasteiger charge is -2.36. The number of nitrogens with zero attached hydrogens (tertiary/aromatic N) is 4. The van der Waals surface area contributed by atoms with Crippen LogP contribution < -0.4 is 10.2 Å².